The van der Waals surface area contributed by atoms with Crippen LogP contribution in [0.5, 0.6) is 0 Å². The van der Waals surface area contributed by atoms with Gasteiger partial charge in [-0.2, -0.15) is 0 Å². The van der Waals surface area contributed by atoms with E-state index >= 15 is 0 Å². The van der Waals surface area contributed by atoms with Crippen molar-refractivity contribution in [3.05, 3.63) is 11.8 Å². The van der Waals surface area contributed by atoms with Crippen LogP contribution in [-0.2, 0) is 12.8 Å². The van der Waals surface area contributed by atoms with Gasteiger partial charge in [0, 0.05) is 19.4 Å². The molecule has 4 heteroatoms. The van der Waals surface area contributed by atoms with Crippen molar-refractivity contribution in [3.8, 4) is 0 Å². The molecular formula is C7H12N2O2. The molecule has 11 heavy (non-hydrogen) atoms. The molecule has 0 aliphatic carbocycles. The summed E-state index contributed by atoms with van der Waals surface area (Å²) in [6, 6.07) is 0. The fourth-order valence-electron chi connectivity index (χ4n) is 0.763. The number of aliphatic hydroxyl groups is 1. The van der Waals surface area contributed by atoms with Crippen molar-refractivity contribution in [2.45, 2.75) is 26.2 Å². The van der Waals surface area contributed by atoms with Gasteiger partial charge in [-0.15, -0.1) is 10.2 Å². The molecule has 4 nitrogen and oxygen atoms in total. The summed E-state index contributed by atoms with van der Waals surface area (Å²) < 4.78 is 5.20. The van der Waals surface area contributed by atoms with Gasteiger partial charge in [0.05, 0.1) is 0 Å². The van der Waals surface area contributed by atoms with Crippen LogP contribution >= 0.6 is 0 Å². The Morgan fingerprint density at radius 1 is 1.36 bits per heavy atom. The molecule has 0 fully saturated rings. The molecule has 0 aliphatic heterocycles. The summed E-state index contributed by atoms with van der Waals surface area (Å²) in [6.45, 7) is 2.13. The Morgan fingerprint density at radius 2 is 2.09 bits per heavy atom. The zero-order valence-corrected chi connectivity index (χ0v) is 6.58. The summed E-state index contributed by atoms with van der Waals surface area (Å²) in [6.07, 6.45) is 2.13. The third-order valence-electron chi connectivity index (χ3n) is 1.36. The minimum Gasteiger partial charge on any atom is -0.425 e. The number of aromatic nitrogens is 2. The second-order valence-corrected chi connectivity index (χ2v) is 2.27. The smallest absolute Gasteiger partial charge is 0.216 e. The van der Waals surface area contributed by atoms with E-state index in [9.17, 15) is 0 Å². The lowest BCUT2D eigenvalue weighted by atomic mass is 10.3. The molecule has 1 aromatic heterocycles. The molecule has 62 valence electrons. The van der Waals surface area contributed by atoms with E-state index in [1.807, 2.05) is 6.92 Å². The van der Waals surface area contributed by atoms with Gasteiger partial charge >= 0.3 is 0 Å². The topological polar surface area (TPSA) is 59.2 Å². The molecule has 0 saturated carbocycles. The lowest BCUT2D eigenvalue weighted by Crippen LogP contribution is -1.88. The van der Waals surface area contributed by atoms with Crippen LogP contribution in [0.15, 0.2) is 4.42 Å². The van der Waals surface area contributed by atoms with Crippen LogP contribution in [0.25, 0.3) is 0 Å². The number of rotatable bonds is 4. The van der Waals surface area contributed by atoms with Crippen LogP contribution in [0.1, 0.15) is 25.1 Å². The Morgan fingerprint density at radius 3 is 2.64 bits per heavy atom. The summed E-state index contributed by atoms with van der Waals surface area (Å²) in [4.78, 5) is 0. The predicted octanol–water partition coefficient (Wildman–Crippen LogP) is 0.557. The third-order valence-corrected chi connectivity index (χ3v) is 1.36. The Kier molecular flexibility index (Phi) is 3.04. The third kappa shape index (κ3) is 2.31. The highest BCUT2D eigenvalue weighted by Gasteiger charge is 2.02. The van der Waals surface area contributed by atoms with E-state index in [-0.39, 0.29) is 6.61 Å². The molecular weight excluding hydrogens is 144 g/mol. The number of hydrogen-bond acceptors (Lipinski definition) is 4. The van der Waals surface area contributed by atoms with Gasteiger partial charge < -0.3 is 9.52 Å². The van der Waals surface area contributed by atoms with E-state index in [1.54, 1.807) is 0 Å². The van der Waals surface area contributed by atoms with Crippen molar-refractivity contribution < 1.29 is 9.52 Å². The average molecular weight is 156 g/mol. The SMILES string of the molecule is CCc1nnc(CCCO)o1. The number of nitrogens with zero attached hydrogens (tertiary/aromatic N) is 2. The molecule has 0 radical (unpaired) electrons. The maximum atomic E-state index is 8.50. The van der Waals surface area contributed by atoms with Crippen LogP contribution < -0.4 is 0 Å². The first kappa shape index (κ1) is 8.20. The summed E-state index contributed by atoms with van der Waals surface area (Å²) in [5.41, 5.74) is 0. The van der Waals surface area contributed by atoms with E-state index in [2.05, 4.69) is 10.2 Å². The normalized spacial score (nSPS) is 10.4. The zero-order valence-electron chi connectivity index (χ0n) is 6.58. The van der Waals surface area contributed by atoms with Gasteiger partial charge in [0.25, 0.3) is 0 Å². The Labute approximate surface area is 65.3 Å². The highest BCUT2D eigenvalue weighted by Crippen LogP contribution is 2.02. The van der Waals surface area contributed by atoms with Gasteiger partial charge in [0.2, 0.25) is 11.8 Å². The Hall–Kier alpha value is -0.900. The van der Waals surface area contributed by atoms with E-state index in [4.69, 9.17) is 9.52 Å². The molecule has 1 aromatic rings. The van der Waals surface area contributed by atoms with Crippen molar-refractivity contribution in [2.75, 3.05) is 6.61 Å². The molecule has 0 amide bonds. The van der Waals surface area contributed by atoms with E-state index in [0.29, 0.717) is 24.6 Å². The molecule has 1 N–H and O–H groups in total. The van der Waals surface area contributed by atoms with Crippen molar-refractivity contribution >= 4 is 0 Å². The van der Waals surface area contributed by atoms with Gasteiger partial charge in [0.1, 0.15) is 0 Å². The minimum absolute atomic E-state index is 0.170. The average Bonchev–Trinajstić information content (AvgIpc) is 2.48. The van der Waals surface area contributed by atoms with Gasteiger partial charge in [-0.3, -0.25) is 0 Å². The maximum absolute atomic E-state index is 8.50. The molecule has 0 aromatic carbocycles. The van der Waals surface area contributed by atoms with Crippen LogP contribution in [0, 0.1) is 0 Å². The summed E-state index contributed by atoms with van der Waals surface area (Å²) in [7, 11) is 0. The molecule has 0 atom stereocenters. The highest BCUT2D eigenvalue weighted by atomic mass is 16.4. The lowest BCUT2D eigenvalue weighted by molar-refractivity contribution is 0.282. The van der Waals surface area contributed by atoms with Gasteiger partial charge in [0.15, 0.2) is 0 Å². The van der Waals surface area contributed by atoms with Crippen molar-refractivity contribution in [1.82, 2.24) is 10.2 Å². The molecule has 0 unspecified atom stereocenters. The molecule has 0 bridgehead atoms. The first-order chi connectivity index (χ1) is 5.36. The van der Waals surface area contributed by atoms with Gasteiger partial charge in [-0.05, 0) is 6.42 Å². The first-order valence-electron chi connectivity index (χ1n) is 3.79. The zero-order chi connectivity index (χ0) is 8.10. The van der Waals surface area contributed by atoms with Crippen molar-refractivity contribution in [1.29, 1.82) is 0 Å². The quantitative estimate of drug-likeness (QED) is 0.691. The molecule has 0 spiro atoms. The van der Waals surface area contributed by atoms with E-state index in [1.165, 1.54) is 0 Å². The van der Waals surface area contributed by atoms with Crippen LogP contribution in [0.3, 0.4) is 0 Å². The number of aliphatic hydroxyl groups excluding tert-OH is 1. The maximum Gasteiger partial charge on any atom is 0.216 e. The fourth-order valence-corrected chi connectivity index (χ4v) is 0.763. The minimum atomic E-state index is 0.170. The monoisotopic (exact) mass is 156 g/mol. The van der Waals surface area contributed by atoms with Crippen LogP contribution in [0.2, 0.25) is 0 Å². The summed E-state index contributed by atoms with van der Waals surface area (Å²) in [5.74, 6) is 1.29. The molecule has 1 heterocycles. The predicted molar refractivity (Wildman–Crippen MR) is 39.1 cm³/mol. The second-order valence-electron chi connectivity index (χ2n) is 2.27. The largest absolute Gasteiger partial charge is 0.425 e. The van der Waals surface area contributed by atoms with Crippen LogP contribution in [-0.4, -0.2) is 21.9 Å². The number of aryl methyl sites for hydroxylation is 2. The lowest BCUT2D eigenvalue weighted by Gasteiger charge is -1.88. The van der Waals surface area contributed by atoms with Crippen molar-refractivity contribution in [3.63, 3.8) is 0 Å². The fraction of sp³-hybridized carbons (Fsp3) is 0.714. The molecule has 0 aliphatic rings. The van der Waals surface area contributed by atoms with E-state index in [0.717, 1.165) is 6.42 Å². The van der Waals surface area contributed by atoms with Gasteiger partial charge in [-0.25, -0.2) is 0 Å². The first-order valence-corrected chi connectivity index (χ1v) is 3.79. The van der Waals surface area contributed by atoms with Gasteiger partial charge in [-0.1, -0.05) is 6.92 Å². The summed E-state index contributed by atoms with van der Waals surface area (Å²) in [5, 5.41) is 16.1. The Balaban J connectivity index is 2.44. The highest BCUT2D eigenvalue weighted by molar-refractivity contribution is 4.80. The van der Waals surface area contributed by atoms with Crippen LogP contribution in [0.4, 0.5) is 0 Å². The standard InChI is InChI=1S/C7H12N2O2/c1-2-6-8-9-7(11-6)4-3-5-10/h10H,2-5H2,1H3. The molecule has 1 rings (SSSR count). The van der Waals surface area contributed by atoms with Crippen molar-refractivity contribution in [2.24, 2.45) is 0 Å². The molecule has 0 saturated heterocycles. The Bertz CT molecular complexity index is 210. The summed E-state index contributed by atoms with van der Waals surface area (Å²) >= 11 is 0. The van der Waals surface area contributed by atoms with E-state index < -0.39 is 0 Å². The number of hydrogen-bond donors (Lipinski definition) is 1. The second kappa shape index (κ2) is 4.08.